The van der Waals surface area contributed by atoms with Gasteiger partial charge in [0.05, 0.1) is 18.1 Å². The van der Waals surface area contributed by atoms with E-state index in [-0.39, 0.29) is 52.4 Å². The van der Waals surface area contributed by atoms with Crippen LogP contribution in [0.5, 0.6) is 11.5 Å². The second-order valence-corrected chi connectivity index (χ2v) is 8.62. The van der Waals surface area contributed by atoms with E-state index in [9.17, 15) is 14.4 Å². The van der Waals surface area contributed by atoms with E-state index in [0.717, 1.165) is 19.6 Å². The average Bonchev–Trinajstić information content (AvgIpc) is 2.91. The number of hydrogen-bond donors (Lipinski definition) is 3. The van der Waals surface area contributed by atoms with Crippen LogP contribution in [0.1, 0.15) is 29.6 Å². The third-order valence-electron chi connectivity index (χ3n) is 6.09. The van der Waals surface area contributed by atoms with E-state index >= 15 is 0 Å². The second kappa shape index (κ2) is 11.6. The summed E-state index contributed by atoms with van der Waals surface area (Å²) in [7, 11) is 2.89. The second-order valence-electron chi connectivity index (χ2n) is 8.62. The molecule has 13 nitrogen and oxygen atoms in total. The zero-order valence-corrected chi connectivity index (χ0v) is 20.8. The average molecular weight is 511 g/mol. The standard InChI is InChI=1S/C24H30N8O5/c1-31-22(35)16-6-7-17(37-14-18(33)26-8-11-32-9-4-3-5-10-32)20(36-2)19(16)29-24(31)30-21(34)15-12-27-23(25)28-13-15/h6-7,12-13H,3-5,8-11,14H2,1-2H3,(H,26,33)(H2,25,27,28)(H,29,30,34). The lowest BCUT2D eigenvalue weighted by Crippen LogP contribution is -2.39. The Balaban J connectivity index is 1.48. The molecule has 1 fully saturated rings. The summed E-state index contributed by atoms with van der Waals surface area (Å²) >= 11 is 0. The van der Waals surface area contributed by atoms with E-state index in [1.54, 1.807) is 6.07 Å². The Morgan fingerprint density at radius 3 is 2.57 bits per heavy atom. The largest absolute Gasteiger partial charge is 0.491 e. The fraction of sp³-hybridized carbons (Fsp3) is 0.417. The van der Waals surface area contributed by atoms with E-state index in [1.807, 2.05) is 0 Å². The van der Waals surface area contributed by atoms with Crippen molar-refractivity contribution in [2.75, 3.05) is 50.9 Å². The van der Waals surface area contributed by atoms with E-state index in [0.29, 0.717) is 6.54 Å². The monoisotopic (exact) mass is 510 g/mol. The number of anilines is 2. The third kappa shape index (κ3) is 6.12. The molecule has 37 heavy (non-hydrogen) atoms. The van der Waals surface area contributed by atoms with Gasteiger partial charge >= 0.3 is 0 Å². The van der Waals surface area contributed by atoms with Crippen LogP contribution in [0.4, 0.5) is 11.9 Å². The van der Waals surface area contributed by atoms with Gasteiger partial charge in [0.15, 0.2) is 18.1 Å². The molecule has 0 unspecified atom stereocenters. The number of rotatable bonds is 9. The summed E-state index contributed by atoms with van der Waals surface area (Å²) in [5, 5.41) is 5.69. The van der Waals surface area contributed by atoms with Crippen LogP contribution in [-0.2, 0) is 11.8 Å². The van der Waals surface area contributed by atoms with Gasteiger partial charge in [0.25, 0.3) is 17.4 Å². The van der Waals surface area contributed by atoms with Gasteiger partial charge in [-0.3, -0.25) is 24.3 Å². The fourth-order valence-electron chi connectivity index (χ4n) is 4.08. The topological polar surface area (TPSA) is 167 Å². The van der Waals surface area contributed by atoms with Crippen molar-refractivity contribution in [2.45, 2.75) is 19.3 Å². The first kappa shape index (κ1) is 25.8. The summed E-state index contributed by atoms with van der Waals surface area (Å²) < 4.78 is 12.4. The fourth-order valence-corrected chi connectivity index (χ4v) is 4.08. The number of methoxy groups -OCH3 is 1. The van der Waals surface area contributed by atoms with Crippen LogP contribution in [0.2, 0.25) is 0 Å². The summed E-state index contributed by atoms with van der Waals surface area (Å²) in [5.41, 5.74) is 5.37. The van der Waals surface area contributed by atoms with Crippen LogP contribution in [0.15, 0.2) is 29.3 Å². The molecule has 0 aliphatic carbocycles. The molecule has 2 aromatic heterocycles. The number of hydrogen-bond acceptors (Lipinski definition) is 10. The number of nitrogen functional groups attached to an aromatic ring is 1. The lowest BCUT2D eigenvalue weighted by molar-refractivity contribution is -0.123. The molecule has 0 radical (unpaired) electrons. The highest BCUT2D eigenvalue weighted by Gasteiger charge is 2.19. The molecule has 2 amide bonds. The molecule has 3 heterocycles. The molecular formula is C24H30N8O5. The minimum atomic E-state index is -0.575. The van der Waals surface area contributed by atoms with E-state index in [1.165, 1.54) is 56.4 Å². The molecule has 0 saturated carbocycles. The van der Waals surface area contributed by atoms with Crippen molar-refractivity contribution >= 4 is 34.6 Å². The van der Waals surface area contributed by atoms with Crippen LogP contribution in [0, 0.1) is 0 Å². The first-order valence-corrected chi connectivity index (χ1v) is 12.0. The molecule has 0 bridgehead atoms. The molecule has 1 aromatic carbocycles. The minimum Gasteiger partial charge on any atom is -0.491 e. The number of carbonyl (C=O) groups is 2. The minimum absolute atomic E-state index is 0.0229. The Kier molecular flexibility index (Phi) is 8.13. The quantitative estimate of drug-likeness (QED) is 0.370. The van der Waals surface area contributed by atoms with Crippen molar-refractivity contribution in [3.8, 4) is 11.5 Å². The molecule has 0 spiro atoms. The maximum absolute atomic E-state index is 13.0. The van der Waals surface area contributed by atoms with Gasteiger partial charge in [0, 0.05) is 32.5 Å². The van der Waals surface area contributed by atoms with E-state index < -0.39 is 11.5 Å². The van der Waals surface area contributed by atoms with Gasteiger partial charge < -0.3 is 25.4 Å². The molecular weight excluding hydrogens is 480 g/mol. The first-order valence-electron chi connectivity index (χ1n) is 12.0. The molecule has 196 valence electrons. The highest BCUT2D eigenvalue weighted by atomic mass is 16.5. The predicted octanol–water partition coefficient (Wildman–Crippen LogP) is 0.548. The zero-order valence-electron chi connectivity index (χ0n) is 20.8. The molecule has 1 aliphatic heterocycles. The molecule has 13 heteroatoms. The highest BCUT2D eigenvalue weighted by molar-refractivity contribution is 6.03. The Morgan fingerprint density at radius 2 is 1.86 bits per heavy atom. The van der Waals surface area contributed by atoms with Crippen LogP contribution in [-0.4, -0.2) is 76.1 Å². The number of fused-ring (bicyclic) bond motifs is 1. The number of carbonyl (C=O) groups excluding carboxylic acids is 2. The number of ether oxygens (including phenoxy) is 2. The summed E-state index contributed by atoms with van der Waals surface area (Å²) in [4.78, 5) is 52.3. The van der Waals surface area contributed by atoms with Crippen LogP contribution in [0.25, 0.3) is 10.9 Å². The molecule has 4 N–H and O–H groups in total. The highest BCUT2D eigenvalue weighted by Crippen LogP contribution is 2.33. The SMILES string of the molecule is COc1c(OCC(=O)NCCN2CCCCC2)ccc2c(=O)n(C)c(NC(=O)c3cnc(N)nc3)nc12. The van der Waals surface area contributed by atoms with Gasteiger partial charge in [-0.1, -0.05) is 6.42 Å². The number of nitrogens with two attached hydrogens (primary N) is 1. The molecule has 3 aromatic rings. The Bertz CT molecular complexity index is 1340. The number of amides is 2. The smallest absolute Gasteiger partial charge is 0.262 e. The van der Waals surface area contributed by atoms with Crippen molar-refractivity contribution in [3.05, 3.63) is 40.4 Å². The van der Waals surface area contributed by atoms with Crippen molar-refractivity contribution in [3.63, 3.8) is 0 Å². The number of aromatic nitrogens is 4. The van der Waals surface area contributed by atoms with Crippen molar-refractivity contribution in [1.29, 1.82) is 0 Å². The van der Waals surface area contributed by atoms with Gasteiger partial charge in [-0.15, -0.1) is 0 Å². The van der Waals surface area contributed by atoms with Crippen LogP contribution < -0.4 is 31.4 Å². The lowest BCUT2D eigenvalue weighted by atomic mass is 10.1. The van der Waals surface area contributed by atoms with Gasteiger partial charge in [0.1, 0.15) is 5.52 Å². The van der Waals surface area contributed by atoms with Gasteiger partial charge in [0.2, 0.25) is 11.9 Å². The van der Waals surface area contributed by atoms with E-state index in [2.05, 4.69) is 30.5 Å². The number of likely N-dealkylation sites (tertiary alicyclic amines) is 1. The number of nitrogens with zero attached hydrogens (tertiary/aromatic N) is 5. The lowest BCUT2D eigenvalue weighted by Gasteiger charge is -2.26. The molecule has 1 aliphatic rings. The Hall–Kier alpha value is -4.26. The predicted molar refractivity (Wildman–Crippen MR) is 137 cm³/mol. The summed E-state index contributed by atoms with van der Waals surface area (Å²) in [6.45, 7) is 3.23. The van der Waals surface area contributed by atoms with Crippen LogP contribution in [0.3, 0.4) is 0 Å². The number of nitrogens with one attached hydrogen (secondary N) is 2. The Labute approximate surface area is 213 Å². The molecule has 1 saturated heterocycles. The molecule has 4 rings (SSSR count). The summed E-state index contributed by atoms with van der Waals surface area (Å²) in [5.74, 6) is -0.427. The van der Waals surface area contributed by atoms with Gasteiger partial charge in [-0.05, 0) is 38.1 Å². The van der Waals surface area contributed by atoms with Gasteiger partial charge in [-0.2, -0.15) is 0 Å². The maximum atomic E-state index is 13.0. The number of benzene rings is 1. The third-order valence-corrected chi connectivity index (χ3v) is 6.09. The van der Waals surface area contributed by atoms with Gasteiger partial charge in [-0.25, -0.2) is 15.0 Å². The van der Waals surface area contributed by atoms with Crippen molar-refractivity contribution in [1.82, 2.24) is 29.7 Å². The van der Waals surface area contributed by atoms with E-state index in [4.69, 9.17) is 15.2 Å². The first-order chi connectivity index (χ1) is 17.9. The Morgan fingerprint density at radius 1 is 1.14 bits per heavy atom. The molecule has 0 atom stereocenters. The summed E-state index contributed by atoms with van der Waals surface area (Å²) in [6.07, 6.45) is 6.17. The summed E-state index contributed by atoms with van der Waals surface area (Å²) in [6, 6.07) is 3.09. The van der Waals surface area contributed by atoms with Crippen LogP contribution >= 0.6 is 0 Å². The normalized spacial score (nSPS) is 13.8. The van der Waals surface area contributed by atoms with Crippen molar-refractivity contribution in [2.24, 2.45) is 7.05 Å². The zero-order chi connectivity index (χ0) is 26.4. The van der Waals surface area contributed by atoms with Crippen molar-refractivity contribution < 1.29 is 19.1 Å². The number of piperidine rings is 1. The maximum Gasteiger partial charge on any atom is 0.262 e.